The van der Waals surface area contributed by atoms with Crippen molar-refractivity contribution in [3.8, 4) is 11.8 Å². The molecule has 6 fully saturated rings. The van der Waals surface area contributed by atoms with Gasteiger partial charge in [-0.3, -0.25) is 14.4 Å². The first-order valence-corrected chi connectivity index (χ1v) is 32.4. The first-order valence-electron chi connectivity index (χ1n) is 32.4. The predicted molar refractivity (Wildman–Crippen MR) is 346 cm³/mol. The second-order valence-electron chi connectivity index (χ2n) is 24.7. The van der Waals surface area contributed by atoms with Crippen LogP contribution in [0, 0.1) is 46.7 Å². The molecule has 496 valence electrons. The molecular formula is C70H69F6N15O5. The normalized spacial score (nSPS) is 20.4. The lowest BCUT2D eigenvalue weighted by Gasteiger charge is -2.26. The number of nitrogens with zero attached hydrogens (tertiary/aromatic N) is 15. The number of rotatable bonds is 10. The number of aliphatic hydroxyl groups excluding tert-OH is 2. The first-order chi connectivity index (χ1) is 46.6. The molecule has 0 aliphatic carbocycles. The molecule has 20 nitrogen and oxygen atoms in total. The molecule has 6 aromatic heterocycles. The van der Waals surface area contributed by atoms with Gasteiger partial charge in [0.05, 0.1) is 54.5 Å². The number of fused-ring (bicyclic) bond motifs is 3. The summed E-state index contributed by atoms with van der Waals surface area (Å²) in [7, 11) is 0. The number of piperidine rings is 1. The number of aromatic nitrogens is 9. The van der Waals surface area contributed by atoms with E-state index in [0.717, 1.165) is 81.9 Å². The smallest absolute Gasteiger partial charge is 0.298 e. The fourth-order valence-electron chi connectivity index (χ4n) is 13.5. The Balaban J connectivity index is 0.000000130. The molecule has 2 N–H and O–H groups in total. The van der Waals surface area contributed by atoms with Crippen LogP contribution in [0.5, 0.6) is 0 Å². The van der Waals surface area contributed by atoms with Gasteiger partial charge < -0.3 is 39.6 Å². The van der Waals surface area contributed by atoms with Crippen molar-refractivity contribution in [1.29, 1.82) is 0 Å². The summed E-state index contributed by atoms with van der Waals surface area (Å²) in [6, 6.07) is 15.2. The third kappa shape index (κ3) is 14.1. The highest BCUT2D eigenvalue weighted by atomic mass is 19.1. The highest BCUT2D eigenvalue weighted by molar-refractivity contribution is 5.95. The summed E-state index contributed by atoms with van der Waals surface area (Å²) in [5.74, 6) is 4.42. The van der Waals surface area contributed by atoms with Crippen molar-refractivity contribution in [2.75, 3.05) is 73.6 Å². The van der Waals surface area contributed by atoms with Gasteiger partial charge in [0.25, 0.3) is 5.91 Å². The van der Waals surface area contributed by atoms with Crippen LogP contribution in [0.25, 0.3) is 29.1 Å². The van der Waals surface area contributed by atoms with Crippen molar-refractivity contribution in [2.45, 2.75) is 101 Å². The second-order valence-corrected chi connectivity index (χ2v) is 24.7. The molecular weight excluding hydrogens is 1240 g/mol. The van der Waals surface area contributed by atoms with Crippen molar-refractivity contribution in [3.05, 3.63) is 190 Å². The van der Waals surface area contributed by atoms with Gasteiger partial charge in [-0.2, -0.15) is 15.3 Å². The van der Waals surface area contributed by atoms with Crippen molar-refractivity contribution in [1.82, 2.24) is 58.5 Å². The van der Waals surface area contributed by atoms with Crippen LogP contribution >= 0.6 is 0 Å². The zero-order valence-electron chi connectivity index (χ0n) is 52.3. The molecule has 0 spiro atoms. The van der Waals surface area contributed by atoms with Gasteiger partial charge in [0, 0.05) is 123 Å². The standard InChI is InChI=1S/C24H23F2N5O.2C23H23F2N5O2/c25-18-7-8-20(26)19(15-18)21-5-4-13-30(21)22-10-14-31-24(28-22)17(16-27-31)6-9-23(32)29-11-2-1-3-12-29;2*24-16-4-5-19(25)18(12-16)20-2-1-9-29(20)21-8-11-30-23(27-21)15(13-26-30)3-6-22(32)28-10-7-17(31)14-28/h7-8,10,14-16,21H,1-5,11-13H2;2*3-6,8,11-13,17,20,31H,1-2,7,9-10,14H2/b;2*6-3+/t;17-,20+;17-,20-/m.01/s1. The zero-order valence-corrected chi connectivity index (χ0v) is 52.3. The molecule has 5 atom stereocenters. The second kappa shape index (κ2) is 28.4. The van der Waals surface area contributed by atoms with E-state index in [9.17, 15) is 50.9 Å². The van der Waals surface area contributed by atoms with E-state index in [0.29, 0.717) is 146 Å². The highest BCUT2D eigenvalue weighted by Gasteiger charge is 2.34. The summed E-state index contributed by atoms with van der Waals surface area (Å²) >= 11 is 0. The largest absolute Gasteiger partial charge is 0.391 e. The van der Waals surface area contributed by atoms with Crippen LogP contribution in [0.4, 0.5) is 43.8 Å². The van der Waals surface area contributed by atoms with Gasteiger partial charge in [0.15, 0.2) is 16.9 Å². The third-order valence-corrected chi connectivity index (χ3v) is 18.4. The van der Waals surface area contributed by atoms with Gasteiger partial charge >= 0.3 is 0 Å². The van der Waals surface area contributed by atoms with Gasteiger partial charge in [-0.1, -0.05) is 5.92 Å². The van der Waals surface area contributed by atoms with Gasteiger partial charge in [-0.05, 0) is 156 Å². The lowest BCUT2D eigenvalue weighted by atomic mass is 10.0. The highest BCUT2D eigenvalue weighted by Crippen LogP contribution is 2.40. The van der Waals surface area contributed by atoms with Gasteiger partial charge in [0.1, 0.15) is 52.4 Å². The van der Waals surface area contributed by atoms with Gasteiger partial charge in [-0.25, -0.2) is 54.8 Å². The molecule has 26 heteroatoms. The number of aliphatic hydroxyl groups is 2. The summed E-state index contributed by atoms with van der Waals surface area (Å²) < 4.78 is 89.4. The SMILES string of the molecule is O=C(/C=C/c1cnn2ccc(N3CCC[C@@H]3c3cc(F)ccc3F)nc12)N1CC[C@@H](O)C1.O=C(/C=C/c1cnn2ccc(N3CCC[C@@H]3c3cc(F)ccc3F)nc12)N1CC[C@H](O)C1.O=C(C#Cc1cnn2ccc(N3CCCC3c3cc(F)ccc3F)nc12)N1CCCCC1. The van der Waals surface area contributed by atoms with E-state index in [2.05, 4.69) is 27.1 Å². The number of halogens is 6. The maximum atomic E-state index is 14.4. The quantitative estimate of drug-likeness (QED) is 0.0744. The van der Waals surface area contributed by atoms with Crippen molar-refractivity contribution in [2.24, 2.45) is 0 Å². The maximum Gasteiger partial charge on any atom is 0.298 e. The average Bonchev–Trinajstić information content (AvgIpc) is 1.63. The van der Waals surface area contributed by atoms with E-state index in [4.69, 9.17) is 15.0 Å². The Labute approximate surface area is 548 Å². The molecule has 96 heavy (non-hydrogen) atoms. The molecule has 6 aliphatic heterocycles. The molecule has 0 bridgehead atoms. The van der Waals surface area contributed by atoms with Gasteiger partial charge in [0.2, 0.25) is 11.8 Å². The van der Waals surface area contributed by atoms with E-state index in [1.54, 1.807) is 89.7 Å². The number of carbonyl (C=O) groups is 3. The van der Waals surface area contributed by atoms with Crippen molar-refractivity contribution in [3.63, 3.8) is 0 Å². The summed E-state index contributed by atoms with van der Waals surface area (Å²) in [4.78, 5) is 62.2. The average molecular weight is 1310 g/mol. The molecule has 6 aliphatic rings. The number of hydrogen-bond donors (Lipinski definition) is 2. The molecule has 3 aromatic carbocycles. The minimum Gasteiger partial charge on any atom is -0.391 e. The number of amides is 3. The van der Waals surface area contributed by atoms with Crippen LogP contribution in [0.1, 0.15) is 122 Å². The molecule has 6 saturated heterocycles. The summed E-state index contributed by atoms with van der Waals surface area (Å²) in [6.07, 6.45) is 24.5. The van der Waals surface area contributed by atoms with Crippen LogP contribution in [0.2, 0.25) is 0 Å². The lowest BCUT2D eigenvalue weighted by Crippen LogP contribution is -2.34. The molecule has 3 amide bonds. The van der Waals surface area contributed by atoms with E-state index in [1.165, 1.54) is 36.4 Å². The Morgan fingerprint density at radius 2 is 0.844 bits per heavy atom. The minimum absolute atomic E-state index is 0.168. The van der Waals surface area contributed by atoms with Crippen LogP contribution in [0.15, 0.2) is 122 Å². The lowest BCUT2D eigenvalue weighted by molar-refractivity contribution is -0.126. The van der Waals surface area contributed by atoms with Crippen LogP contribution < -0.4 is 14.7 Å². The maximum absolute atomic E-state index is 14.4. The Morgan fingerprint density at radius 1 is 0.448 bits per heavy atom. The predicted octanol–water partition coefficient (Wildman–Crippen LogP) is 9.62. The summed E-state index contributed by atoms with van der Waals surface area (Å²) in [6.45, 7) is 5.29. The number of likely N-dealkylation sites (tertiary alicyclic amines) is 3. The van der Waals surface area contributed by atoms with Crippen molar-refractivity contribution < 1.29 is 50.9 Å². The van der Waals surface area contributed by atoms with Gasteiger partial charge in [-0.15, -0.1) is 0 Å². The number of hydrogen-bond acceptors (Lipinski definition) is 14. The van der Waals surface area contributed by atoms with E-state index in [1.807, 2.05) is 20.8 Å². The molecule has 1 unspecified atom stereocenters. The molecule has 0 radical (unpaired) electrons. The number of anilines is 3. The molecule has 12 heterocycles. The third-order valence-electron chi connectivity index (χ3n) is 18.4. The first kappa shape index (κ1) is 64.6. The van der Waals surface area contributed by atoms with E-state index >= 15 is 0 Å². The van der Waals surface area contributed by atoms with Crippen LogP contribution in [-0.4, -0.2) is 158 Å². The Bertz CT molecular complexity index is 4320. The fourth-order valence-corrected chi connectivity index (χ4v) is 13.5. The zero-order chi connectivity index (χ0) is 66.6. The summed E-state index contributed by atoms with van der Waals surface area (Å²) in [5.41, 5.74) is 4.57. The monoisotopic (exact) mass is 1310 g/mol. The summed E-state index contributed by atoms with van der Waals surface area (Å²) in [5, 5.41) is 32.1. The van der Waals surface area contributed by atoms with Crippen LogP contribution in [0.3, 0.4) is 0 Å². The fraction of sp³-hybridized carbons (Fsp3) is 0.357. The number of carbonyl (C=O) groups excluding carboxylic acids is 3. The van der Waals surface area contributed by atoms with Crippen LogP contribution in [-0.2, 0) is 14.4 Å². The Kier molecular flexibility index (Phi) is 19.1. The molecule has 0 saturated carbocycles. The Hall–Kier alpha value is -10.1. The molecule has 15 rings (SSSR count). The minimum atomic E-state index is -0.468. The van der Waals surface area contributed by atoms with E-state index < -0.39 is 47.1 Å². The van der Waals surface area contributed by atoms with Crippen molar-refractivity contribution >= 4 is 64.3 Å². The van der Waals surface area contributed by atoms with E-state index in [-0.39, 0.29) is 35.8 Å². The number of β-amino-alcohol motifs (C(OH)–C–C–N with tert-alkyl or cyclic N) is 2. The Morgan fingerprint density at radius 3 is 1.25 bits per heavy atom. The number of benzene rings is 3. The topological polar surface area (TPSA) is 202 Å². The molecule has 9 aromatic rings.